The zero-order valence-electron chi connectivity index (χ0n) is 10.1. The van der Waals surface area contributed by atoms with Gasteiger partial charge in [0.2, 0.25) is 0 Å². The maximum absolute atomic E-state index is 11.5. The number of hydrogen-bond donors (Lipinski definition) is 0. The minimum atomic E-state index is 0.131. The van der Waals surface area contributed by atoms with Crippen molar-refractivity contribution in [2.24, 2.45) is 0 Å². The first-order valence-corrected chi connectivity index (χ1v) is 6.91. The molecule has 3 nitrogen and oxygen atoms in total. The number of thioether (sulfide) groups is 1. The van der Waals surface area contributed by atoms with Gasteiger partial charge in [-0.2, -0.15) is 16.9 Å². The van der Waals surface area contributed by atoms with E-state index in [1.165, 1.54) is 24.3 Å². The molecule has 0 bridgehead atoms. The van der Waals surface area contributed by atoms with E-state index in [9.17, 15) is 4.79 Å². The monoisotopic (exact) mass is 238 g/mol. The Labute approximate surface area is 101 Å². The third-order valence-corrected chi connectivity index (χ3v) is 4.26. The molecule has 0 unspecified atom stereocenters. The van der Waals surface area contributed by atoms with Crippen molar-refractivity contribution in [1.29, 1.82) is 0 Å². The third-order valence-electron chi connectivity index (χ3n) is 3.21. The number of hydrogen-bond acceptors (Lipinski definition) is 3. The summed E-state index contributed by atoms with van der Waals surface area (Å²) in [7, 11) is 0. The Hall–Kier alpha value is -0.770. The predicted octanol–water partition coefficient (Wildman–Crippen LogP) is 2.77. The number of aryl methyl sites for hydroxylation is 1. The highest BCUT2D eigenvalue weighted by Crippen LogP contribution is 2.29. The average molecular weight is 238 g/mol. The fourth-order valence-corrected chi connectivity index (χ4v) is 3.54. The van der Waals surface area contributed by atoms with E-state index in [1.54, 1.807) is 6.92 Å². The van der Waals surface area contributed by atoms with E-state index >= 15 is 0 Å². The van der Waals surface area contributed by atoms with Gasteiger partial charge in [-0.15, -0.1) is 0 Å². The molecular weight excluding hydrogens is 220 g/mol. The first kappa shape index (κ1) is 11.7. The van der Waals surface area contributed by atoms with Crippen LogP contribution in [0.5, 0.6) is 0 Å². The number of aromatic nitrogens is 2. The van der Waals surface area contributed by atoms with Crippen LogP contribution in [0.4, 0.5) is 0 Å². The van der Waals surface area contributed by atoms with Gasteiger partial charge < -0.3 is 0 Å². The van der Waals surface area contributed by atoms with Crippen LogP contribution in [0, 0.1) is 13.8 Å². The summed E-state index contributed by atoms with van der Waals surface area (Å²) in [5.41, 5.74) is 2.74. The van der Waals surface area contributed by atoms with E-state index in [0.717, 1.165) is 17.0 Å². The molecule has 1 saturated heterocycles. The van der Waals surface area contributed by atoms with E-state index in [4.69, 9.17) is 0 Å². The van der Waals surface area contributed by atoms with Crippen LogP contribution in [0.1, 0.15) is 47.6 Å². The molecule has 1 aliphatic rings. The van der Waals surface area contributed by atoms with Crippen molar-refractivity contribution in [2.45, 2.75) is 39.7 Å². The summed E-state index contributed by atoms with van der Waals surface area (Å²) < 4.78 is 2.08. The van der Waals surface area contributed by atoms with Crippen molar-refractivity contribution in [1.82, 2.24) is 9.78 Å². The third kappa shape index (κ3) is 2.03. The molecule has 1 aromatic rings. The molecule has 0 radical (unpaired) electrons. The number of carbonyl (C=O) groups excluding carboxylic acids is 1. The van der Waals surface area contributed by atoms with Crippen molar-refractivity contribution in [3.05, 3.63) is 17.0 Å². The van der Waals surface area contributed by atoms with Gasteiger partial charge in [0.15, 0.2) is 5.78 Å². The molecule has 0 amide bonds. The van der Waals surface area contributed by atoms with Crippen molar-refractivity contribution in [2.75, 3.05) is 11.5 Å². The first-order chi connectivity index (χ1) is 7.61. The van der Waals surface area contributed by atoms with Gasteiger partial charge in [-0.25, -0.2) is 0 Å². The Morgan fingerprint density at radius 2 is 2.00 bits per heavy atom. The van der Waals surface area contributed by atoms with E-state index in [0.29, 0.717) is 6.04 Å². The molecule has 0 saturated carbocycles. The summed E-state index contributed by atoms with van der Waals surface area (Å²) in [5.74, 6) is 2.54. The highest BCUT2D eigenvalue weighted by atomic mass is 32.2. The number of Topliss-reactive ketones (excluding diaryl/α,β-unsaturated/α-hetero) is 1. The van der Waals surface area contributed by atoms with E-state index in [1.807, 2.05) is 25.6 Å². The molecule has 0 spiro atoms. The van der Waals surface area contributed by atoms with Gasteiger partial charge in [0, 0.05) is 5.69 Å². The number of rotatable bonds is 2. The summed E-state index contributed by atoms with van der Waals surface area (Å²) in [6.45, 7) is 5.56. The molecule has 2 heterocycles. The van der Waals surface area contributed by atoms with Gasteiger partial charge in [-0.1, -0.05) is 0 Å². The van der Waals surface area contributed by atoms with Crippen molar-refractivity contribution in [3.63, 3.8) is 0 Å². The van der Waals surface area contributed by atoms with Gasteiger partial charge in [-0.05, 0) is 45.1 Å². The molecule has 0 atom stereocenters. The second kappa shape index (κ2) is 4.62. The largest absolute Gasteiger partial charge is 0.294 e. The van der Waals surface area contributed by atoms with Crippen LogP contribution in [0.3, 0.4) is 0 Å². The Morgan fingerprint density at radius 3 is 2.50 bits per heavy atom. The van der Waals surface area contributed by atoms with Gasteiger partial charge in [-0.3, -0.25) is 9.48 Å². The molecule has 88 valence electrons. The van der Waals surface area contributed by atoms with Crippen LogP contribution in [0.15, 0.2) is 0 Å². The fourth-order valence-electron chi connectivity index (χ4n) is 2.46. The lowest BCUT2D eigenvalue weighted by molar-refractivity contribution is 0.101. The molecule has 1 fully saturated rings. The van der Waals surface area contributed by atoms with Gasteiger partial charge >= 0.3 is 0 Å². The predicted molar refractivity (Wildman–Crippen MR) is 67.3 cm³/mol. The SMILES string of the molecule is CC(=O)c1c(C)nn(C2CCSCC2)c1C. The van der Waals surface area contributed by atoms with Crippen molar-refractivity contribution < 1.29 is 4.79 Å². The van der Waals surface area contributed by atoms with Crippen molar-refractivity contribution in [3.8, 4) is 0 Å². The first-order valence-electron chi connectivity index (χ1n) is 5.75. The molecule has 1 aliphatic heterocycles. The minimum Gasteiger partial charge on any atom is -0.294 e. The zero-order chi connectivity index (χ0) is 11.7. The molecule has 1 aromatic heterocycles. The Morgan fingerprint density at radius 1 is 1.38 bits per heavy atom. The van der Waals surface area contributed by atoms with Crippen LogP contribution in [0.25, 0.3) is 0 Å². The summed E-state index contributed by atoms with van der Waals surface area (Å²) in [4.78, 5) is 11.5. The quantitative estimate of drug-likeness (QED) is 0.743. The highest BCUT2D eigenvalue weighted by Gasteiger charge is 2.22. The summed E-state index contributed by atoms with van der Waals surface area (Å²) in [5, 5.41) is 4.54. The van der Waals surface area contributed by atoms with Crippen LogP contribution in [-0.2, 0) is 0 Å². The average Bonchev–Trinajstić information content (AvgIpc) is 2.55. The van der Waals surface area contributed by atoms with Crippen molar-refractivity contribution >= 4 is 17.5 Å². The van der Waals surface area contributed by atoms with Gasteiger partial charge in [0.1, 0.15) is 0 Å². The lowest BCUT2D eigenvalue weighted by Crippen LogP contribution is -2.17. The Balaban J connectivity index is 2.34. The van der Waals surface area contributed by atoms with Crippen LogP contribution in [-0.4, -0.2) is 27.1 Å². The number of nitrogens with zero attached hydrogens (tertiary/aromatic N) is 2. The molecular formula is C12H18N2OS. The van der Waals surface area contributed by atoms with E-state index < -0.39 is 0 Å². The summed E-state index contributed by atoms with van der Waals surface area (Å²) in [6, 6.07) is 0.494. The van der Waals surface area contributed by atoms with E-state index in [-0.39, 0.29) is 5.78 Å². The standard InChI is InChI=1S/C12H18N2OS/c1-8-12(10(3)15)9(2)14(13-8)11-4-6-16-7-5-11/h11H,4-7H2,1-3H3. The normalized spacial score (nSPS) is 17.7. The van der Waals surface area contributed by atoms with Gasteiger partial charge in [0.25, 0.3) is 0 Å². The lowest BCUT2D eigenvalue weighted by atomic mass is 10.1. The van der Waals surface area contributed by atoms with Gasteiger partial charge in [0.05, 0.1) is 17.3 Å². The molecule has 0 N–H and O–H groups in total. The highest BCUT2D eigenvalue weighted by molar-refractivity contribution is 7.99. The second-order valence-electron chi connectivity index (χ2n) is 4.39. The maximum atomic E-state index is 11.5. The second-order valence-corrected chi connectivity index (χ2v) is 5.61. The molecule has 0 aromatic carbocycles. The maximum Gasteiger partial charge on any atom is 0.163 e. The molecule has 2 rings (SSSR count). The fraction of sp³-hybridized carbons (Fsp3) is 0.667. The minimum absolute atomic E-state index is 0.131. The Kier molecular flexibility index (Phi) is 3.38. The number of carbonyl (C=O) groups is 1. The smallest absolute Gasteiger partial charge is 0.163 e. The Bertz CT molecular complexity index is 405. The summed E-state index contributed by atoms with van der Waals surface area (Å²) in [6.07, 6.45) is 2.34. The van der Waals surface area contributed by atoms with Crippen LogP contribution >= 0.6 is 11.8 Å². The number of ketones is 1. The van der Waals surface area contributed by atoms with E-state index in [2.05, 4.69) is 9.78 Å². The van der Waals surface area contributed by atoms with Crippen LogP contribution < -0.4 is 0 Å². The molecule has 16 heavy (non-hydrogen) atoms. The molecule has 0 aliphatic carbocycles. The molecule has 4 heteroatoms. The summed E-state index contributed by atoms with van der Waals surface area (Å²) >= 11 is 2.01. The topological polar surface area (TPSA) is 34.9 Å². The van der Waals surface area contributed by atoms with Crippen LogP contribution in [0.2, 0.25) is 0 Å². The zero-order valence-corrected chi connectivity index (χ0v) is 10.9. The lowest BCUT2D eigenvalue weighted by Gasteiger charge is -2.23.